The van der Waals surface area contributed by atoms with Crippen molar-refractivity contribution in [2.45, 2.75) is 301 Å². The van der Waals surface area contributed by atoms with Crippen LogP contribution >= 0.6 is 0 Å². The molecule has 1 aliphatic heterocycles. The smallest absolute Gasteiger partial charge is 0.305 e. The van der Waals surface area contributed by atoms with Gasteiger partial charge in [0.2, 0.25) is 5.91 Å². The largest absolute Gasteiger partial charge is 0.466 e. The van der Waals surface area contributed by atoms with E-state index in [1.54, 1.807) is 6.08 Å². The van der Waals surface area contributed by atoms with Gasteiger partial charge < -0.3 is 45.1 Å². The summed E-state index contributed by atoms with van der Waals surface area (Å²) in [5.74, 6) is -0.232. The monoisotopic (exact) mass is 1000 g/mol. The van der Waals surface area contributed by atoms with E-state index in [-0.39, 0.29) is 18.5 Å². The van der Waals surface area contributed by atoms with Crippen LogP contribution in [0.3, 0.4) is 0 Å². The van der Waals surface area contributed by atoms with Gasteiger partial charge in [0.1, 0.15) is 24.4 Å². The molecule has 0 saturated carbocycles. The van der Waals surface area contributed by atoms with E-state index in [0.717, 1.165) is 89.9 Å². The minimum atomic E-state index is -1.58. The van der Waals surface area contributed by atoms with Crippen LogP contribution in [0.2, 0.25) is 0 Å². The highest BCUT2D eigenvalue weighted by atomic mass is 16.7. The van der Waals surface area contributed by atoms with Crippen LogP contribution < -0.4 is 5.32 Å². The van der Waals surface area contributed by atoms with Crippen molar-refractivity contribution in [3.05, 3.63) is 48.6 Å². The lowest BCUT2D eigenvalue weighted by molar-refractivity contribution is -0.302. The van der Waals surface area contributed by atoms with Gasteiger partial charge in [-0.2, -0.15) is 0 Å². The molecule has 0 bridgehead atoms. The van der Waals surface area contributed by atoms with Gasteiger partial charge in [0.05, 0.1) is 32.0 Å². The lowest BCUT2D eigenvalue weighted by atomic mass is 9.99. The molecular formula is C60H109NO10. The maximum Gasteiger partial charge on any atom is 0.305 e. The van der Waals surface area contributed by atoms with Gasteiger partial charge in [0.25, 0.3) is 0 Å². The highest BCUT2D eigenvalue weighted by Gasteiger charge is 2.44. The van der Waals surface area contributed by atoms with E-state index in [4.69, 9.17) is 14.2 Å². The fraction of sp³-hybridized carbons (Fsp3) is 0.833. The summed E-state index contributed by atoms with van der Waals surface area (Å²) in [5, 5.41) is 54.3. The maximum absolute atomic E-state index is 13.0. The summed E-state index contributed by atoms with van der Waals surface area (Å²) in [6, 6.07) is -0.818. The average Bonchev–Trinajstić information content (AvgIpc) is 3.37. The van der Waals surface area contributed by atoms with Gasteiger partial charge in [-0.3, -0.25) is 9.59 Å². The summed E-state index contributed by atoms with van der Waals surface area (Å²) in [7, 11) is 0. The van der Waals surface area contributed by atoms with Crippen molar-refractivity contribution in [2.24, 2.45) is 0 Å². The zero-order chi connectivity index (χ0) is 51.7. The number of unbranched alkanes of at least 4 members (excludes halogenated alkanes) is 31. The molecule has 0 aliphatic carbocycles. The normalized spacial score (nSPS) is 19.5. The Labute approximate surface area is 434 Å². The molecule has 1 heterocycles. The summed E-state index contributed by atoms with van der Waals surface area (Å²) in [5.41, 5.74) is 0. The molecule has 0 aromatic rings. The Morgan fingerprint density at radius 1 is 0.521 bits per heavy atom. The van der Waals surface area contributed by atoms with E-state index in [9.17, 15) is 35.1 Å². The Morgan fingerprint density at radius 3 is 1.46 bits per heavy atom. The first-order chi connectivity index (χ1) is 34.7. The fourth-order valence-corrected chi connectivity index (χ4v) is 8.95. The summed E-state index contributed by atoms with van der Waals surface area (Å²) >= 11 is 0. The maximum atomic E-state index is 13.0. The van der Waals surface area contributed by atoms with E-state index in [0.29, 0.717) is 19.4 Å². The number of rotatable bonds is 50. The first kappa shape index (κ1) is 66.6. The topological polar surface area (TPSA) is 175 Å². The van der Waals surface area contributed by atoms with Gasteiger partial charge >= 0.3 is 5.97 Å². The molecule has 11 nitrogen and oxygen atoms in total. The van der Waals surface area contributed by atoms with Crippen molar-refractivity contribution >= 4 is 11.9 Å². The van der Waals surface area contributed by atoms with Crippen molar-refractivity contribution in [3.8, 4) is 0 Å². The molecule has 0 spiro atoms. The molecule has 0 aromatic carbocycles. The lowest BCUT2D eigenvalue weighted by Gasteiger charge is -2.40. The number of hydrogen-bond donors (Lipinski definition) is 6. The fourth-order valence-electron chi connectivity index (χ4n) is 8.95. The van der Waals surface area contributed by atoms with Gasteiger partial charge in [0.15, 0.2) is 6.29 Å². The van der Waals surface area contributed by atoms with Crippen molar-refractivity contribution in [1.29, 1.82) is 0 Å². The molecule has 0 radical (unpaired) electrons. The van der Waals surface area contributed by atoms with Crippen LogP contribution in [0.5, 0.6) is 0 Å². The van der Waals surface area contributed by atoms with Crippen LogP contribution in [0.15, 0.2) is 48.6 Å². The molecule has 71 heavy (non-hydrogen) atoms. The number of aliphatic hydroxyl groups excluding tert-OH is 5. The lowest BCUT2D eigenvalue weighted by Crippen LogP contribution is -2.60. The molecule has 1 aliphatic rings. The third-order valence-corrected chi connectivity index (χ3v) is 13.7. The minimum Gasteiger partial charge on any atom is -0.466 e. The summed E-state index contributed by atoms with van der Waals surface area (Å²) < 4.78 is 16.7. The van der Waals surface area contributed by atoms with Crippen LogP contribution in [0.25, 0.3) is 0 Å². The van der Waals surface area contributed by atoms with E-state index in [1.807, 2.05) is 6.08 Å². The zero-order valence-corrected chi connectivity index (χ0v) is 45.4. The standard InChI is InChI=1S/C60H109NO10/c1-3-5-7-9-11-13-15-26-30-34-38-42-46-53(63)52(51-70-60-59(68)58(67)57(66)54(50-62)71-60)61-55(64)47-43-39-35-31-27-24-22-20-18-17-19-21-23-25-29-33-37-41-45-49-69-56(65)48-44-40-36-32-28-16-14-12-10-8-6-4-2/h12,14,21,23,25,29,42,46,52-54,57-60,62-63,66-68H,3-11,13,15-20,22,24,26-28,30-41,43-45,47-51H2,1-2H3,(H,61,64)/b14-12-,23-21-,29-25-,46-42+. The molecular weight excluding hydrogens is 895 g/mol. The van der Waals surface area contributed by atoms with Crippen LogP contribution in [-0.2, 0) is 23.8 Å². The molecule has 0 aromatic heterocycles. The Balaban J connectivity index is 2.12. The van der Waals surface area contributed by atoms with E-state index >= 15 is 0 Å². The van der Waals surface area contributed by atoms with Gasteiger partial charge in [-0.1, -0.05) is 204 Å². The number of esters is 1. The molecule has 1 fully saturated rings. The number of aliphatic hydroxyl groups is 5. The van der Waals surface area contributed by atoms with E-state index < -0.39 is 49.5 Å². The number of carbonyl (C=O) groups excluding carboxylic acids is 2. The molecule has 1 saturated heterocycles. The number of carbonyl (C=O) groups is 2. The highest BCUT2D eigenvalue weighted by Crippen LogP contribution is 2.23. The zero-order valence-electron chi connectivity index (χ0n) is 45.4. The molecule has 1 rings (SSSR count). The second-order valence-corrected chi connectivity index (χ2v) is 20.4. The third-order valence-electron chi connectivity index (χ3n) is 13.7. The predicted molar refractivity (Wildman–Crippen MR) is 292 cm³/mol. The third kappa shape index (κ3) is 39.7. The molecule has 7 unspecified atom stereocenters. The summed E-state index contributed by atoms with van der Waals surface area (Å²) in [4.78, 5) is 25.0. The van der Waals surface area contributed by atoms with Crippen LogP contribution in [0, 0.1) is 0 Å². The first-order valence-corrected chi connectivity index (χ1v) is 29.4. The Kier molecular flexibility index (Phi) is 46.7. The second-order valence-electron chi connectivity index (χ2n) is 20.4. The van der Waals surface area contributed by atoms with Crippen LogP contribution in [0.1, 0.15) is 258 Å². The number of amides is 1. The summed E-state index contributed by atoms with van der Waals surface area (Å²) in [6.07, 6.45) is 51.9. The Hall–Kier alpha value is -2.38. The van der Waals surface area contributed by atoms with Crippen molar-refractivity contribution in [2.75, 3.05) is 19.8 Å². The highest BCUT2D eigenvalue weighted by molar-refractivity contribution is 5.76. The van der Waals surface area contributed by atoms with Crippen molar-refractivity contribution in [1.82, 2.24) is 5.32 Å². The Morgan fingerprint density at radius 2 is 0.944 bits per heavy atom. The first-order valence-electron chi connectivity index (χ1n) is 29.4. The number of ether oxygens (including phenoxy) is 3. The average molecular weight is 1000 g/mol. The van der Waals surface area contributed by atoms with Gasteiger partial charge in [-0.15, -0.1) is 0 Å². The molecule has 7 atom stereocenters. The Bertz CT molecular complexity index is 1320. The van der Waals surface area contributed by atoms with Crippen molar-refractivity contribution < 1.29 is 49.3 Å². The number of nitrogens with one attached hydrogen (secondary N) is 1. The van der Waals surface area contributed by atoms with Gasteiger partial charge in [0, 0.05) is 12.8 Å². The quantitative estimate of drug-likeness (QED) is 0.0149. The second kappa shape index (κ2) is 49.8. The SMILES string of the molecule is CCCCC/C=C\CCCCCCCC(=O)OCCCCC/C=C\C=C/CCCCCCCCCCCCC(=O)NC(COC1OC(CO)C(O)C(O)C1O)C(O)/C=C/CCCCCCCCCCCC. The van der Waals surface area contributed by atoms with E-state index in [2.05, 4.69) is 55.6 Å². The number of allylic oxidation sites excluding steroid dienone is 7. The molecule has 11 heteroatoms. The van der Waals surface area contributed by atoms with Gasteiger partial charge in [-0.25, -0.2) is 0 Å². The predicted octanol–water partition coefficient (Wildman–Crippen LogP) is 13.3. The minimum absolute atomic E-state index is 0.0389. The molecule has 6 N–H and O–H groups in total. The van der Waals surface area contributed by atoms with Crippen molar-refractivity contribution in [3.63, 3.8) is 0 Å². The van der Waals surface area contributed by atoms with Crippen LogP contribution in [-0.4, -0.2) is 100 Å². The summed E-state index contributed by atoms with van der Waals surface area (Å²) in [6.45, 7) is 4.26. The van der Waals surface area contributed by atoms with Crippen LogP contribution in [0.4, 0.5) is 0 Å². The molecule has 1 amide bonds. The number of hydrogen-bond acceptors (Lipinski definition) is 10. The van der Waals surface area contributed by atoms with Gasteiger partial charge in [-0.05, 0) is 89.9 Å². The van der Waals surface area contributed by atoms with E-state index in [1.165, 1.54) is 141 Å². The molecule has 414 valence electrons.